The number of aromatic amines is 1. The Balaban J connectivity index is 1.54. The third kappa shape index (κ3) is 2.52. The van der Waals surface area contributed by atoms with Gasteiger partial charge in [-0.25, -0.2) is 9.50 Å². The lowest BCUT2D eigenvalue weighted by molar-refractivity contribution is 0.0945. The molecule has 8 nitrogen and oxygen atoms in total. The maximum Gasteiger partial charge on any atom is 0.273 e. The van der Waals surface area contributed by atoms with Gasteiger partial charge in [0.1, 0.15) is 11.2 Å². The number of carbonyl (C=O) groups excluding carboxylic acids is 1. The largest absolute Gasteiger partial charge is 0.345 e. The minimum absolute atomic E-state index is 0.165. The highest BCUT2D eigenvalue weighted by Crippen LogP contribution is 2.11. The molecule has 4 rings (SSSR count). The lowest BCUT2D eigenvalue weighted by Gasteiger charge is -1.99. The van der Waals surface area contributed by atoms with Gasteiger partial charge in [-0.2, -0.15) is 5.10 Å². The van der Waals surface area contributed by atoms with E-state index in [2.05, 4.69) is 20.4 Å². The summed E-state index contributed by atoms with van der Waals surface area (Å²) in [6, 6.07) is 4.99. The topological polar surface area (TPSA) is 96.6 Å². The number of nitrogens with one attached hydrogen (secondary N) is 2. The van der Waals surface area contributed by atoms with Gasteiger partial charge in [-0.15, -0.1) is 0 Å². The third-order valence-electron chi connectivity index (χ3n) is 3.53. The highest BCUT2D eigenvalue weighted by atomic mass is 35.5. The monoisotopic (exact) mass is 342 g/mol. The first kappa shape index (κ1) is 14.5. The summed E-state index contributed by atoms with van der Waals surface area (Å²) in [5, 5.41) is 7.42. The van der Waals surface area contributed by atoms with Gasteiger partial charge in [-0.05, 0) is 12.1 Å². The molecule has 1 amide bonds. The van der Waals surface area contributed by atoms with Crippen molar-refractivity contribution in [3.05, 3.63) is 69.8 Å². The molecular formula is C15H11ClN6O2. The molecule has 0 radical (unpaired) electrons. The Hall–Kier alpha value is -3.13. The summed E-state index contributed by atoms with van der Waals surface area (Å²) in [4.78, 5) is 30.8. The van der Waals surface area contributed by atoms with E-state index in [9.17, 15) is 9.59 Å². The first-order valence-corrected chi connectivity index (χ1v) is 7.46. The number of aromatic nitrogens is 5. The van der Waals surface area contributed by atoms with Gasteiger partial charge >= 0.3 is 0 Å². The van der Waals surface area contributed by atoms with Crippen molar-refractivity contribution in [3.63, 3.8) is 0 Å². The zero-order valence-corrected chi connectivity index (χ0v) is 13.0. The molecule has 0 aromatic carbocycles. The smallest absolute Gasteiger partial charge is 0.273 e. The molecule has 0 saturated carbocycles. The van der Waals surface area contributed by atoms with Gasteiger partial charge in [-0.1, -0.05) is 11.6 Å². The molecule has 0 aliphatic carbocycles. The fraction of sp³-hybridized carbons (Fsp3) is 0.0667. The van der Waals surface area contributed by atoms with Crippen LogP contribution in [-0.4, -0.2) is 29.9 Å². The van der Waals surface area contributed by atoms with Crippen LogP contribution in [0.3, 0.4) is 0 Å². The van der Waals surface area contributed by atoms with Gasteiger partial charge in [0.25, 0.3) is 11.5 Å². The SMILES string of the molecule is O=C(NCc1cn2cc(Cl)ccc2n1)c1cc2c(=O)[nH]ccn2n1. The molecular weight excluding hydrogens is 332 g/mol. The molecule has 2 N–H and O–H groups in total. The number of halogens is 1. The van der Waals surface area contributed by atoms with Crippen LogP contribution in [-0.2, 0) is 6.54 Å². The molecule has 0 aliphatic heterocycles. The molecule has 0 unspecified atom stereocenters. The Morgan fingerprint density at radius 3 is 3.04 bits per heavy atom. The van der Waals surface area contributed by atoms with Crippen LogP contribution in [0.15, 0.2) is 47.8 Å². The van der Waals surface area contributed by atoms with Crippen molar-refractivity contribution in [2.24, 2.45) is 0 Å². The Morgan fingerprint density at radius 1 is 1.33 bits per heavy atom. The van der Waals surface area contributed by atoms with E-state index >= 15 is 0 Å². The number of imidazole rings is 1. The Morgan fingerprint density at radius 2 is 2.21 bits per heavy atom. The number of nitrogens with zero attached hydrogens (tertiary/aromatic N) is 4. The predicted octanol–water partition coefficient (Wildman–Crippen LogP) is 1.25. The fourth-order valence-corrected chi connectivity index (χ4v) is 2.58. The molecule has 0 fully saturated rings. The summed E-state index contributed by atoms with van der Waals surface area (Å²) < 4.78 is 3.15. The van der Waals surface area contributed by atoms with Crippen molar-refractivity contribution in [2.75, 3.05) is 0 Å². The molecule has 0 bridgehead atoms. The van der Waals surface area contributed by atoms with Crippen LogP contribution in [0.5, 0.6) is 0 Å². The van der Waals surface area contributed by atoms with Crippen molar-refractivity contribution < 1.29 is 4.79 Å². The van der Waals surface area contributed by atoms with Crippen molar-refractivity contribution in [1.29, 1.82) is 0 Å². The number of fused-ring (bicyclic) bond motifs is 2. The maximum absolute atomic E-state index is 12.2. The predicted molar refractivity (Wildman–Crippen MR) is 87.2 cm³/mol. The average Bonchev–Trinajstić information content (AvgIpc) is 3.16. The van der Waals surface area contributed by atoms with Gasteiger partial charge in [0, 0.05) is 30.9 Å². The zero-order valence-electron chi connectivity index (χ0n) is 12.2. The quantitative estimate of drug-likeness (QED) is 0.585. The van der Waals surface area contributed by atoms with E-state index in [0.29, 0.717) is 16.2 Å². The molecule has 120 valence electrons. The van der Waals surface area contributed by atoms with E-state index in [0.717, 1.165) is 5.65 Å². The molecule has 0 spiro atoms. The highest BCUT2D eigenvalue weighted by molar-refractivity contribution is 6.30. The third-order valence-corrected chi connectivity index (χ3v) is 3.75. The van der Waals surface area contributed by atoms with Gasteiger partial charge in [0.05, 0.1) is 17.3 Å². The Kier molecular flexibility index (Phi) is 3.31. The number of H-pyrrole nitrogens is 1. The lowest BCUT2D eigenvalue weighted by atomic mass is 10.3. The Bertz CT molecular complexity index is 1130. The van der Waals surface area contributed by atoms with Crippen molar-refractivity contribution >= 4 is 28.7 Å². The summed E-state index contributed by atoms with van der Waals surface area (Å²) in [5.74, 6) is -0.381. The number of hydrogen-bond acceptors (Lipinski definition) is 4. The van der Waals surface area contributed by atoms with E-state index in [4.69, 9.17) is 11.6 Å². The van der Waals surface area contributed by atoms with Crippen LogP contribution in [0.1, 0.15) is 16.2 Å². The average molecular weight is 343 g/mol. The normalized spacial score (nSPS) is 11.2. The van der Waals surface area contributed by atoms with Crippen LogP contribution in [0.4, 0.5) is 0 Å². The zero-order chi connectivity index (χ0) is 16.7. The second-order valence-corrected chi connectivity index (χ2v) is 5.61. The number of rotatable bonds is 3. The molecule has 0 saturated heterocycles. The van der Waals surface area contributed by atoms with Gasteiger partial charge in [-0.3, -0.25) is 9.59 Å². The van der Waals surface area contributed by atoms with E-state index in [1.807, 2.05) is 0 Å². The summed E-state index contributed by atoms with van der Waals surface area (Å²) in [6.45, 7) is 0.238. The van der Waals surface area contributed by atoms with Crippen LogP contribution >= 0.6 is 11.6 Å². The van der Waals surface area contributed by atoms with Crippen LogP contribution in [0, 0.1) is 0 Å². The van der Waals surface area contributed by atoms with E-state index < -0.39 is 0 Å². The van der Waals surface area contributed by atoms with Gasteiger partial charge < -0.3 is 14.7 Å². The second-order valence-electron chi connectivity index (χ2n) is 5.18. The van der Waals surface area contributed by atoms with Crippen molar-refractivity contribution in [3.8, 4) is 0 Å². The molecule has 9 heteroatoms. The highest BCUT2D eigenvalue weighted by Gasteiger charge is 2.13. The summed E-state index contributed by atoms with van der Waals surface area (Å²) in [7, 11) is 0. The molecule has 24 heavy (non-hydrogen) atoms. The van der Waals surface area contributed by atoms with Crippen LogP contribution in [0.25, 0.3) is 11.2 Å². The van der Waals surface area contributed by atoms with E-state index in [1.54, 1.807) is 35.1 Å². The van der Waals surface area contributed by atoms with Gasteiger partial charge in [0.2, 0.25) is 0 Å². The van der Waals surface area contributed by atoms with E-state index in [1.165, 1.54) is 16.8 Å². The first-order chi connectivity index (χ1) is 11.6. The standard InChI is InChI=1S/C15H11ClN6O2/c16-9-1-2-13-19-10(8-21(13)7-9)6-18-14(23)11-5-12-15(24)17-3-4-22(12)20-11/h1-5,7-8H,6H2,(H,17,24)(H,18,23). The maximum atomic E-state index is 12.2. The fourth-order valence-electron chi connectivity index (χ4n) is 2.41. The van der Waals surface area contributed by atoms with Crippen molar-refractivity contribution in [1.82, 2.24) is 29.3 Å². The molecule has 0 aliphatic rings. The Labute approximate surface area is 139 Å². The summed E-state index contributed by atoms with van der Waals surface area (Å²) >= 11 is 5.93. The van der Waals surface area contributed by atoms with Crippen molar-refractivity contribution in [2.45, 2.75) is 6.54 Å². The van der Waals surface area contributed by atoms with Crippen LogP contribution in [0.2, 0.25) is 5.02 Å². The second kappa shape index (κ2) is 5.50. The number of amides is 1. The van der Waals surface area contributed by atoms with Gasteiger partial charge in [0.15, 0.2) is 5.69 Å². The molecule has 4 aromatic heterocycles. The lowest BCUT2D eigenvalue weighted by Crippen LogP contribution is -2.23. The first-order valence-electron chi connectivity index (χ1n) is 7.08. The molecule has 0 atom stereocenters. The summed E-state index contributed by atoms with van der Waals surface area (Å²) in [6.07, 6.45) is 6.56. The molecule has 4 heterocycles. The number of carbonyl (C=O) groups is 1. The number of pyridine rings is 1. The minimum Gasteiger partial charge on any atom is -0.345 e. The number of hydrogen-bond donors (Lipinski definition) is 2. The molecule has 4 aromatic rings. The minimum atomic E-state index is -0.381. The summed E-state index contributed by atoms with van der Waals surface area (Å²) in [5.41, 5.74) is 1.60. The van der Waals surface area contributed by atoms with E-state index in [-0.39, 0.29) is 23.7 Å². The van der Waals surface area contributed by atoms with Crippen LogP contribution < -0.4 is 10.9 Å².